The van der Waals surface area contributed by atoms with Gasteiger partial charge < -0.3 is 37.1 Å². The lowest BCUT2D eigenvalue weighted by molar-refractivity contribution is -0.125. The van der Waals surface area contributed by atoms with Crippen LogP contribution >= 0.6 is 0 Å². The van der Waals surface area contributed by atoms with E-state index in [-0.39, 0.29) is 30.2 Å². The number of carbonyl (C=O) groups excluding carboxylic acids is 2. The lowest BCUT2D eigenvalue weighted by Gasteiger charge is -2.42. The first-order chi connectivity index (χ1) is 21.8. The van der Waals surface area contributed by atoms with Gasteiger partial charge in [-0.15, -0.1) is 0 Å². The number of carbonyl (C=O) groups is 2. The fourth-order valence-electron chi connectivity index (χ4n) is 7.91. The summed E-state index contributed by atoms with van der Waals surface area (Å²) < 4.78 is 35.6. The molecule has 0 radical (unpaired) electrons. The van der Waals surface area contributed by atoms with E-state index in [1.165, 1.54) is 6.07 Å². The van der Waals surface area contributed by atoms with Crippen LogP contribution < -0.4 is 27.4 Å². The van der Waals surface area contributed by atoms with E-state index in [1.807, 2.05) is 0 Å². The van der Waals surface area contributed by atoms with E-state index in [2.05, 4.69) is 20.9 Å². The van der Waals surface area contributed by atoms with Crippen molar-refractivity contribution in [3.63, 3.8) is 0 Å². The lowest BCUT2D eigenvalue weighted by atomic mass is 9.76. The van der Waals surface area contributed by atoms with Gasteiger partial charge in [0.15, 0.2) is 0 Å². The molecule has 4 fully saturated rings. The van der Waals surface area contributed by atoms with Gasteiger partial charge in [-0.05, 0) is 74.3 Å². The van der Waals surface area contributed by atoms with Crippen LogP contribution in [0, 0.1) is 17.7 Å². The second kappa shape index (κ2) is 14.4. The molecule has 1 aliphatic carbocycles. The molecule has 1 aromatic carbocycles. The van der Waals surface area contributed by atoms with E-state index in [0.29, 0.717) is 61.9 Å². The van der Waals surface area contributed by atoms with Gasteiger partial charge in [-0.3, -0.25) is 14.5 Å². The summed E-state index contributed by atoms with van der Waals surface area (Å²) in [6.45, 7) is 5.51. The molecule has 45 heavy (non-hydrogen) atoms. The fourth-order valence-corrected chi connectivity index (χ4v) is 7.91. The van der Waals surface area contributed by atoms with E-state index in [1.54, 1.807) is 17.0 Å². The number of amides is 2. The number of hydrogen-bond donors (Lipinski definition) is 5. The van der Waals surface area contributed by atoms with Gasteiger partial charge in [-0.25, -0.2) is 8.78 Å². The molecule has 6 rings (SSSR count). The number of allylic oxidation sites excluding steroid dienone is 1. The normalized spacial score (nSPS) is 30.8. The summed E-state index contributed by atoms with van der Waals surface area (Å²) in [6.07, 6.45) is 3.80. The van der Waals surface area contributed by atoms with Crippen LogP contribution in [0.3, 0.4) is 0 Å². The van der Waals surface area contributed by atoms with E-state index in [4.69, 9.17) is 16.2 Å². The summed E-state index contributed by atoms with van der Waals surface area (Å²) in [4.78, 5) is 31.3. The zero-order chi connectivity index (χ0) is 31.5. The molecule has 4 aliphatic heterocycles. The second-order valence-electron chi connectivity index (χ2n) is 13.5. The van der Waals surface area contributed by atoms with Crippen LogP contribution in [0.2, 0.25) is 0 Å². The highest BCUT2D eigenvalue weighted by Gasteiger charge is 2.38. The van der Waals surface area contributed by atoms with Gasteiger partial charge in [0.1, 0.15) is 17.9 Å². The van der Waals surface area contributed by atoms with Gasteiger partial charge in [0, 0.05) is 62.5 Å². The van der Waals surface area contributed by atoms with Crippen molar-refractivity contribution in [1.82, 2.24) is 25.8 Å². The second-order valence-corrected chi connectivity index (χ2v) is 13.5. The van der Waals surface area contributed by atoms with Gasteiger partial charge in [0.05, 0.1) is 25.4 Å². The molecule has 2 amide bonds. The van der Waals surface area contributed by atoms with Crippen molar-refractivity contribution < 1.29 is 23.1 Å². The average Bonchev–Trinajstić information content (AvgIpc) is 3.00. The van der Waals surface area contributed by atoms with Crippen molar-refractivity contribution in [2.24, 2.45) is 23.3 Å². The Hall–Kier alpha value is -2.64. The summed E-state index contributed by atoms with van der Waals surface area (Å²) in [6, 6.07) is 4.76. The lowest BCUT2D eigenvalue weighted by Crippen LogP contribution is -2.57. The monoisotopic (exact) mass is 629 g/mol. The highest BCUT2D eigenvalue weighted by Crippen LogP contribution is 2.38. The molecule has 7 N–H and O–H groups in total. The third kappa shape index (κ3) is 7.20. The van der Waals surface area contributed by atoms with Gasteiger partial charge in [0.2, 0.25) is 5.91 Å². The number of benzene rings is 1. The maximum Gasteiger partial charge on any atom is 0.254 e. The number of piperidine rings is 1. The Morgan fingerprint density at radius 3 is 2.53 bits per heavy atom. The quantitative estimate of drug-likeness (QED) is 0.287. The van der Waals surface area contributed by atoms with Crippen LogP contribution in [-0.4, -0.2) is 105 Å². The third-order valence-electron chi connectivity index (χ3n) is 10.6. The minimum atomic E-state index is -1.00. The molecule has 4 unspecified atom stereocenters. The molecule has 1 aromatic rings. The number of halogens is 2. The molecule has 1 saturated carbocycles. The first-order valence-corrected chi connectivity index (χ1v) is 16.8. The van der Waals surface area contributed by atoms with Crippen molar-refractivity contribution >= 4 is 11.8 Å². The number of ether oxygens (including phenoxy) is 1. The maximum atomic E-state index is 15.8. The molecule has 5 atom stereocenters. The topological polar surface area (TPSA) is 138 Å². The number of fused-ring (bicyclic) bond motifs is 1. The molecular weight excluding hydrogens is 580 g/mol. The smallest absolute Gasteiger partial charge is 0.254 e. The first kappa shape index (κ1) is 32.3. The first-order valence-electron chi connectivity index (χ1n) is 16.8. The standard InChI is InChI=1S/C33H49F2N7O3/c34-22-7-5-20-3-1-2-4-24(20)30(39-16-22)29(31(36)37)32(43)40-28-17-38-10-9-26(28)25-8-6-21(15-27(25)35)33(44)42-13-11-41(12-14-42)23-18-45-19-23/h6,8,15,20,22-23,26,28-29,31,38-39H,1-5,7,9-14,16-19,36-37H2,(H,40,43)/b30-24-/t20?,22?,26-,28?,29?/m0/s1. The molecule has 0 spiro atoms. The molecule has 0 aromatic heterocycles. The summed E-state index contributed by atoms with van der Waals surface area (Å²) in [7, 11) is 0. The highest BCUT2D eigenvalue weighted by molar-refractivity contribution is 5.94. The fraction of sp³-hybridized carbons (Fsp3) is 0.697. The Morgan fingerprint density at radius 1 is 1.02 bits per heavy atom. The van der Waals surface area contributed by atoms with E-state index in [9.17, 15) is 14.0 Å². The summed E-state index contributed by atoms with van der Waals surface area (Å²) in [5, 5.41) is 9.71. The third-order valence-corrected chi connectivity index (χ3v) is 10.6. The summed E-state index contributed by atoms with van der Waals surface area (Å²) in [5.74, 6) is -1.90. The van der Waals surface area contributed by atoms with Crippen molar-refractivity contribution in [2.75, 3.05) is 59.0 Å². The number of rotatable bonds is 7. The van der Waals surface area contributed by atoms with E-state index < -0.39 is 30.1 Å². The van der Waals surface area contributed by atoms with Crippen molar-refractivity contribution in [3.05, 3.63) is 46.4 Å². The summed E-state index contributed by atoms with van der Waals surface area (Å²) >= 11 is 0. The van der Waals surface area contributed by atoms with Crippen LogP contribution in [0.1, 0.15) is 66.8 Å². The van der Waals surface area contributed by atoms with Crippen LogP contribution in [0.5, 0.6) is 0 Å². The van der Waals surface area contributed by atoms with Crippen LogP contribution in [-0.2, 0) is 9.53 Å². The number of nitrogens with two attached hydrogens (primary N) is 2. The minimum absolute atomic E-state index is 0.122. The maximum absolute atomic E-state index is 15.8. The van der Waals surface area contributed by atoms with E-state index in [0.717, 1.165) is 64.0 Å². The minimum Gasteiger partial charge on any atom is -0.385 e. The zero-order valence-corrected chi connectivity index (χ0v) is 26.1. The Bertz CT molecular complexity index is 1250. The number of hydrogen-bond acceptors (Lipinski definition) is 8. The SMILES string of the molecule is NC(N)C(C(=O)NC1CNCC[C@H]1c1ccc(C(=O)N2CCN(C3COC3)CC2)cc1F)/C1=C2\CCCCC2CCC(F)CN1. The molecule has 4 heterocycles. The predicted molar refractivity (Wildman–Crippen MR) is 167 cm³/mol. The largest absolute Gasteiger partial charge is 0.385 e. The zero-order valence-electron chi connectivity index (χ0n) is 26.1. The Morgan fingerprint density at radius 2 is 1.82 bits per heavy atom. The van der Waals surface area contributed by atoms with Crippen LogP contribution in [0.15, 0.2) is 29.5 Å². The van der Waals surface area contributed by atoms with Gasteiger partial charge in [0.25, 0.3) is 5.91 Å². The molecular formula is C33H49F2N7O3. The molecule has 12 heteroatoms. The Labute approximate surface area is 264 Å². The molecule has 0 bridgehead atoms. The van der Waals surface area contributed by atoms with E-state index >= 15 is 4.39 Å². The predicted octanol–water partition coefficient (Wildman–Crippen LogP) is 1.57. The molecule has 3 saturated heterocycles. The Kier molecular flexibility index (Phi) is 10.4. The van der Waals surface area contributed by atoms with Crippen molar-refractivity contribution in [1.29, 1.82) is 0 Å². The highest BCUT2D eigenvalue weighted by atomic mass is 19.1. The van der Waals surface area contributed by atoms with Crippen LogP contribution in [0.25, 0.3) is 0 Å². The van der Waals surface area contributed by atoms with Crippen molar-refractivity contribution in [2.45, 2.75) is 75.3 Å². The van der Waals surface area contributed by atoms with Gasteiger partial charge in [-0.2, -0.15) is 0 Å². The van der Waals surface area contributed by atoms with Crippen molar-refractivity contribution in [3.8, 4) is 0 Å². The number of nitrogens with one attached hydrogen (secondary N) is 3. The van der Waals surface area contributed by atoms with Gasteiger partial charge in [-0.1, -0.05) is 12.5 Å². The number of nitrogens with zero attached hydrogens (tertiary/aromatic N) is 2. The average molecular weight is 630 g/mol. The Balaban J connectivity index is 1.16. The summed E-state index contributed by atoms with van der Waals surface area (Å²) in [5.41, 5.74) is 15.1. The van der Waals surface area contributed by atoms with Gasteiger partial charge >= 0.3 is 0 Å². The molecule has 248 valence electrons. The molecule has 10 nitrogen and oxygen atoms in total. The van der Waals surface area contributed by atoms with Crippen LogP contribution in [0.4, 0.5) is 8.78 Å². The molecule has 5 aliphatic rings. The number of piperazine rings is 1. The number of alkyl halides is 1.